The number of esters is 1. The van der Waals surface area contributed by atoms with E-state index in [4.69, 9.17) is 14.2 Å². The number of carbonyl (C=O) groups excluding carboxylic acids is 2. The predicted molar refractivity (Wildman–Crippen MR) is 310 cm³/mol. The molecule has 438 valence electrons. The van der Waals surface area contributed by atoms with Crippen molar-refractivity contribution < 1.29 is 49.3 Å². The molecule has 1 saturated heterocycles. The predicted octanol–water partition coefficient (Wildman–Crippen LogP) is 14.8. The highest BCUT2D eigenvalue weighted by Gasteiger charge is 2.47. The number of rotatable bonds is 53. The maximum atomic E-state index is 13.3. The first-order valence-electron chi connectivity index (χ1n) is 31.4. The number of amides is 1. The molecule has 11 nitrogen and oxygen atoms in total. The van der Waals surface area contributed by atoms with Crippen LogP contribution in [0.3, 0.4) is 0 Å². The van der Waals surface area contributed by atoms with E-state index in [1.807, 2.05) is 6.08 Å². The highest BCUT2D eigenvalue weighted by atomic mass is 16.7. The average molecular weight is 1060 g/mol. The van der Waals surface area contributed by atoms with Gasteiger partial charge in [-0.15, -0.1) is 0 Å². The van der Waals surface area contributed by atoms with Crippen LogP contribution in [-0.4, -0.2) is 99.6 Å². The van der Waals surface area contributed by atoms with Crippen LogP contribution in [0.5, 0.6) is 0 Å². The second-order valence-electron chi connectivity index (χ2n) is 21.8. The number of nitrogens with one attached hydrogen (secondary N) is 1. The normalized spacial score (nSPS) is 19.5. The summed E-state index contributed by atoms with van der Waals surface area (Å²) in [4.78, 5) is 26.5. The molecule has 1 aliphatic rings. The van der Waals surface area contributed by atoms with Gasteiger partial charge in [0.1, 0.15) is 24.4 Å². The minimum absolute atomic E-state index is 0.123. The molecule has 0 aromatic carbocycles. The zero-order valence-electron chi connectivity index (χ0n) is 48.4. The Morgan fingerprint density at radius 1 is 0.520 bits per heavy atom. The summed E-state index contributed by atoms with van der Waals surface area (Å²) in [6.07, 6.45) is 53.0. The Balaban J connectivity index is 2.60. The number of hydrogen-bond donors (Lipinski definition) is 6. The molecule has 75 heavy (non-hydrogen) atoms. The van der Waals surface area contributed by atoms with Crippen LogP contribution in [0, 0.1) is 0 Å². The molecule has 11 heteroatoms. The Kier molecular flexibility index (Phi) is 49.3. The monoisotopic (exact) mass is 1060 g/mol. The summed E-state index contributed by atoms with van der Waals surface area (Å²) < 4.78 is 17.6. The minimum atomic E-state index is -1.61. The third kappa shape index (κ3) is 40.5. The molecule has 0 aromatic rings. The highest BCUT2D eigenvalue weighted by molar-refractivity contribution is 5.80. The van der Waals surface area contributed by atoms with E-state index in [1.165, 1.54) is 161 Å². The Bertz CT molecular complexity index is 1400. The van der Waals surface area contributed by atoms with E-state index in [-0.39, 0.29) is 19.4 Å². The molecular formula is C64H117NO10. The quantitative estimate of drug-likeness (QED) is 0.0195. The van der Waals surface area contributed by atoms with Crippen LogP contribution in [0.15, 0.2) is 48.6 Å². The number of carbonyl (C=O) groups is 2. The summed E-state index contributed by atoms with van der Waals surface area (Å²) in [6.45, 7) is 5.72. The Hall–Kier alpha value is -2.38. The molecule has 0 bridgehead atoms. The summed E-state index contributed by atoms with van der Waals surface area (Å²) in [5.41, 5.74) is 0. The molecule has 0 radical (unpaired) electrons. The first-order chi connectivity index (χ1) is 36.7. The maximum Gasteiger partial charge on any atom is 0.306 e. The van der Waals surface area contributed by atoms with Gasteiger partial charge in [0.05, 0.1) is 25.4 Å². The number of unbranched alkanes of at least 4 members (excludes halogenated alkanes) is 33. The molecule has 1 fully saturated rings. The van der Waals surface area contributed by atoms with Gasteiger partial charge in [0.25, 0.3) is 0 Å². The van der Waals surface area contributed by atoms with Crippen LogP contribution in [0.4, 0.5) is 0 Å². The number of allylic oxidation sites excluding steroid dienone is 7. The lowest BCUT2D eigenvalue weighted by molar-refractivity contribution is -0.305. The van der Waals surface area contributed by atoms with E-state index in [2.05, 4.69) is 62.5 Å². The van der Waals surface area contributed by atoms with E-state index < -0.39 is 67.4 Å². The van der Waals surface area contributed by atoms with Crippen molar-refractivity contribution in [3.8, 4) is 0 Å². The van der Waals surface area contributed by atoms with Crippen LogP contribution in [-0.2, 0) is 23.8 Å². The van der Waals surface area contributed by atoms with Crippen molar-refractivity contribution in [2.24, 2.45) is 0 Å². The second-order valence-corrected chi connectivity index (χ2v) is 21.8. The fraction of sp³-hybridized carbons (Fsp3) is 0.844. The summed E-state index contributed by atoms with van der Waals surface area (Å²) in [5.74, 6) is -1.20. The smallest absolute Gasteiger partial charge is 0.306 e. The van der Waals surface area contributed by atoms with Crippen LogP contribution in [0.1, 0.15) is 284 Å². The Labute approximate surface area is 459 Å². The lowest BCUT2D eigenvalue weighted by atomic mass is 9.99. The lowest BCUT2D eigenvalue weighted by Crippen LogP contribution is -2.61. The fourth-order valence-electron chi connectivity index (χ4n) is 9.66. The third-order valence-corrected chi connectivity index (χ3v) is 14.7. The van der Waals surface area contributed by atoms with E-state index in [0.29, 0.717) is 12.8 Å². The molecule has 1 heterocycles. The van der Waals surface area contributed by atoms with E-state index in [0.717, 1.165) is 77.0 Å². The van der Waals surface area contributed by atoms with Crippen LogP contribution >= 0.6 is 0 Å². The Morgan fingerprint density at radius 3 is 1.44 bits per heavy atom. The molecular weight excluding hydrogens is 943 g/mol. The van der Waals surface area contributed by atoms with Crippen LogP contribution in [0.25, 0.3) is 0 Å². The van der Waals surface area contributed by atoms with Gasteiger partial charge in [-0.2, -0.15) is 0 Å². The summed E-state index contributed by atoms with van der Waals surface area (Å²) in [6, 6.07) is -1.03. The molecule has 0 aromatic heterocycles. The van der Waals surface area contributed by atoms with Crippen LogP contribution in [0.2, 0.25) is 0 Å². The van der Waals surface area contributed by atoms with Crippen LogP contribution < -0.4 is 5.32 Å². The van der Waals surface area contributed by atoms with Gasteiger partial charge in [-0.3, -0.25) is 9.59 Å². The standard InChI is InChI=1S/C64H117NO10/c1-4-7-10-13-16-19-22-24-25-26-27-28-29-30-31-32-33-35-37-40-43-46-49-52-59(69)75-62-61(71)60(70)58(53-66)74-64(62)73-54-55(56(67)50-47-44-41-39-36-34-23-20-17-14-11-8-5-2)65-63(72)57(68)51-48-45-42-38-21-18-15-12-9-6-3/h15-16,18-19,24-25,47,50,55-58,60-62,64,66-68,70-71H,4-14,17,20-23,26-46,48-49,51-54H2,1-3H3,(H,65,72)/b18-15-,19-16-,25-24-,50-47+. The molecule has 0 spiro atoms. The zero-order chi connectivity index (χ0) is 54.7. The van der Waals surface area contributed by atoms with Gasteiger partial charge in [-0.25, -0.2) is 0 Å². The van der Waals surface area contributed by atoms with Crippen molar-refractivity contribution in [3.05, 3.63) is 48.6 Å². The molecule has 1 rings (SSSR count). The molecule has 8 atom stereocenters. The summed E-state index contributed by atoms with van der Waals surface area (Å²) in [7, 11) is 0. The largest absolute Gasteiger partial charge is 0.454 e. The second kappa shape index (κ2) is 52.3. The van der Waals surface area contributed by atoms with Crippen molar-refractivity contribution in [1.82, 2.24) is 5.32 Å². The van der Waals surface area contributed by atoms with Gasteiger partial charge < -0.3 is 45.1 Å². The van der Waals surface area contributed by atoms with Gasteiger partial charge in [0.2, 0.25) is 5.91 Å². The van der Waals surface area contributed by atoms with Gasteiger partial charge in [0.15, 0.2) is 12.4 Å². The van der Waals surface area contributed by atoms with Gasteiger partial charge >= 0.3 is 5.97 Å². The van der Waals surface area contributed by atoms with E-state index in [1.54, 1.807) is 6.08 Å². The molecule has 6 N–H and O–H groups in total. The van der Waals surface area contributed by atoms with Crippen molar-refractivity contribution in [2.45, 2.75) is 333 Å². The molecule has 1 aliphatic heterocycles. The topological polar surface area (TPSA) is 175 Å². The molecule has 8 unspecified atom stereocenters. The number of aliphatic hydroxyl groups excluding tert-OH is 5. The average Bonchev–Trinajstić information content (AvgIpc) is 3.41. The number of aliphatic hydroxyl groups is 5. The van der Waals surface area contributed by atoms with Gasteiger partial charge in [-0.05, 0) is 77.0 Å². The van der Waals surface area contributed by atoms with E-state index in [9.17, 15) is 35.1 Å². The Morgan fingerprint density at radius 2 is 0.933 bits per heavy atom. The van der Waals surface area contributed by atoms with Crippen molar-refractivity contribution in [3.63, 3.8) is 0 Å². The van der Waals surface area contributed by atoms with Crippen molar-refractivity contribution in [2.75, 3.05) is 13.2 Å². The first kappa shape index (κ1) is 70.6. The van der Waals surface area contributed by atoms with Gasteiger partial charge in [0, 0.05) is 6.42 Å². The molecule has 0 saturated carbocycles. The van der Waals surface area contributed by atoms with Crippen molar-refractivity contribution in [1.29, 1.82) is 0 Å². The first-order valence-corrected chi connectivity index (χ1v) is 31.4. The number of ether oxygens (including phenoxy) is 3. The lowest BCUT2D eigenvalue weighted by Gasteiger charge is -2.41. The summed E-state index contributed by atoms with van der Waals surface area (Å²) in [5, 5.41) is 56.9. The van der Waals surface area contributed by atoms with E-state index >= 15 is 0 Å². The zero-order valence-corrected chi connectivity index (χ0v) is 48.4. The molecule has 1 amide bonds. The van der Waals surface area contributed by atoms with Crippen molar-refractivity contribution >= 4 is 11.9 Å². The SMILES string of the molecule is CCCC/C=C\CCCCCCC(O)C(=O)NC(COC1OC(CO)C(O)C(O)C1OC(=O)CCCCCCCCCCCCCCC/C=C\C/C=C\CCCCC)C(O)/C=C/CCCCCCCCCCCCC. The highest BCUT2D eigenvalue weighted by Crippen LogP contribution is 2.26. The fourth-order valence-corrected chi connectivity index (χ4v) is 9.66. The van der Waals surface area contributed by atoms with Gasteiger partial charge in [-0.1, -0.05) is 249 Å². The third-order valence-electron chi connectivity index (χ3n) is 14.7. The minimum Gasteiger partial charge on any atom is -0.454 e. The summed E-state index contributed by atoms with van der Waals surface area (Å²) >= 11 is 0. The number of hydrogen-bond acceptors (Lipinski definition) is 10. The molecule has 0 aliphatic carbocycles. The maximum absolute atomic E-state index is 13.3.